The summed E-state index contributed by atoms with van der Waals surface area (Å²) in [5.41, 5.74) is 0. The average molecular weight is 413 g/mol. The zero-order chi connectivity index (χ0) is 20.2. The number of fused-ring (bicyclic) bond motifs is 1. The number of carbonyl (C=O) groups excluding carboxylic acids is 1. The van der Waals surface area contributed by atoms with Gasteiger partial charge in [0.05, 0.1) is 4.90 Å². The van der Waals surface area contributed by atoms with Gasteiger partial charge in [0.2, 0.25) is 15.9 Å². The fourth-order valence-corrected chi connectivity index (χ4v) is 4.03. The number of benzene rings is 1. The van der Waals surface area contributed by atoms with E-state index in [0.717, 1.165) is 32.2 Å². The van der Waals surface area contributed by atoms with E-state index in [1.807, 2.05) is 0 Å². The van der Waals surface area contributed by atoms with Gasteiger partial charge in [0, 0.05) is 25.6 Å². The van der Waals surface area contributed by atoms with Crippen molar-refractivity contribution < 1.29 is 22.7 Å². The predicted molar refractivity (Wildman–Crippen MR) is 108 cm³/mol. The summed E-state index contributed by atoms with van der Waals surface area (Å²) < 4.78 is 38.2. The first-order chi connectivity index (χ1) is 13.5. The van der Waals surface area contributed by atoms with Crippen LogP contribution in [0.25, 0.3) is 0 Å². The summed E-state index contributed by atoms with van der Waals surface area (Å²) in [6, 6.07) is 4.62. The van der Waals surface area contributed by atoms with E-state index in [2.05, 4.69) is 17.0 Å². The molecule has 0 saturated carbocycles. The number of nitrogens with one attached hydrogen (secondary N) is 2. The second-order valence-corrected chi connectivity index (χ2v) is 8.69. The zero-order valence-corrected chi connectivity index (χ0v) is 17.5. The highest BCUT2D eigenvalue weighted by atomic mass is 32.2. The standard InChI is InChI=1S/C20H32N2O5S/c1-2-3-4-7-12-21-20(23)9-6-5-8-13-22-28(24,25)17-10-11-18-19(16-17)27-15-14-26-18/h10-11,16,22H,2-9,12-15H2,1H3,(H,21,23). The molecule has 2 rings (SSSR count). The van der Waals surface area contributed by atoms with Crippen LogP contribution in [0.5, 0.6) is 11.5 Å². The fraction of sp³-hybridized carbons (Fsp3) is 0.650. The van der Waals surface area contributed by atoms with Crippen LogP contribution in [-0.4, -0.2) is 40.6 Å². The lowest BCUT2D eigenvalue weighted by atomic mass is 10.2. The van der Waals surface area contributed by atoms with Crippen LogP contribution < -0.4 is 19.5 Å². The maximum atomic E-state index is 12.4. The number of sulfonamides is 1. The summed E-state index contributed by atoms with van der Waals surface area (Å²) in [4.78, 5) is 11.9. The van der Waals surface area contributed by atoms with Crippen molar-refractivity contribution in [2.24, 2.45) is 0 Å². The van der Waals surface area contributed by atoms with E-state index in [9.17, 15) is 13.2 Å². The number of amides is 1. The molecule has 28 heavy (non-hydrogen) atoms. The lowest BCUT2D eigenvalue weighted by molar-refractivity contribution is -0.121. The van der Waals surface area contributed by atoms with Gasteiger partial charge in [0.15, 0.2) is 11.5 Å². The van der Waals surface area contributed by atoms with Crippen LogP contribution in [0.15, 0.2) is 23.1 Å². The molecule has 0 saturated heterocycles. The van der Waals surface area contributed by atoms with Crippen molar-refractivity contribution in [2.45, 2.75) is 63.2 Å². The molecule has 0 radical (unpaired) electrons. The highest BCUT2D eigenvalue weighted by Gasteiger charge is 2.18. The van der Waals surface area contributed by atoms with Gasteiger partial charge in [-0.3, -0.25) is 4.79 Å². The molecule has 1 aliphatic heterocycles. The molecule has 0 fully saturated rings. The Kier molecular flexibility index (Phi) is 9.57. The van der Waals surface area contributed by atoms with Gasteiger partial charge in [-0.2, -0.15) is 0 Å². The van der Waals surface area contributed by atoms with Gasteiger partial charge in [-0.1, -0.05) is 32.6 Å². The summed E-state index contributed by atoms with van der Waals surface area (Å²) >= 11 is 0. The van der Waals surface area contributed by atoms with Gasteiger partial charge in [0.1, 0.15) is 13.2 Å². The normalized spacial score (nSPS) is 13.3. The lowest BCUT2D eigenvalue weighted by Crippen LogP contribution is -2.25. The molecule has 158 valence electrons. The minimum atomic E-state index is -3.58. The monoisotopic (exact) mass is 412 g/mol. The van der Waals surface area contributed by atoms with E-state index in [1.54, 1.807) is 6.07 Å². The Balaban J connectivity index is 1.60. The van der Waals surface area contributed by atoms with Crippen molar-refractivity contribution in [3.8, 4) is 11.5 Å². The van der Waals surface area contributed by atoms with Crippen molar-refractivity contribution in [1.82, 2.24) is 10.0 Å². The molecule has 1 amide bonds. The summed E-state index contributed by atoms with van der Waals surface area (Å²) in [5.74, 6) is 1.09. The van der Waals surface area contributed by atoms with Gasteiger partial charge in [-0.05, 0) is 31.4 Å². The molecule has 1 aromatic rings. The van der Waals surface area contributed by atoms with Gasteiger partial charge in [-0.25, -0.2) is 13.1 Å². The molecule has 0 atom stereocenters. The van der Waals surface area contributed by atoms with E-state index in [-0.39, 0.29) is 10.8 Å². The quantitative estimate of drug-likeness (QED) is 0.486. The molecule has 1 heterocycles. The fourth-order valence-electron chi connectivity index (χ4n) is 2.94. The summed E-state index contributed by atoms with van der Waals surface area (Å²) in [7, 11) is -3.58. The topological polar surface area (TPSA) is 93.7 Å². The maximum Gasteiger partial charge on any atom is 0.240 e. The van der Waals surface area contributed by atoms with Gasteiger partial charge < -0.3 is 14.8 Å². The summed E-state index contributed by atoms with van der Waals surface area (Å²) in [6.45, 7) is 4.13. The third kappa shape index (κ3) is 7.67. The first kappa shape index (κ1) is 22.5. The Morgan fingerprint density at radius 2 is 1.68 bits per heavy atom. The highest BCUT2D eigenvalue weighted by molar-refractivity contribution is 7.89. The van der Waals surface area contributed by atoms with Crippen LogP contribution in [0.2, 0.25) is 0 Å². The maximum absolute atomic E-state index is 12.4. The van der Waals surface area contributed by atoms with Crippen molar-refractivity contribution in [3.05, 3.63) is 18.2 Å². The van der Waals surface area contributed by atoms with Crippen LogP contribution in [-0.2, 0) is 14.8 Å². The number of rotatable bonds is 13. The predicted octanol–water partition coefficient (Wildman–Crippen LogP) is 2.99. The Morgan fingerprint density at radius 3 is 2.46 bits per heavy atom. The van der Waals surface area contributed by atoms with Crippen molar-refractivity contribution in [1.29, 1.82) is 0 Å². The van der Waals surface area contributed by atoms with Crippen LogP contribution in [0, 0.1) is 0 Å². The third-order valence-electron chi connectivity index (χ3n) is 4.55. The smallest absolute Gasteiger partial charge is 0.240 e. The number of hydrogen-bond acceptors (Lipinski definition) is 5. The molecule has 0 aliphatic carbocycles. The number of ether oxygens (including phenoxy) is 2. The van der Waals surface area contributed by atoms with Gasteiger partial charge >= 0.3 is 0 Å². The lowest BCUT2D eigenvalue weighted by Gasteiger charge is -2.18. The highest BCUT2D eigenvalue weighted by Crippen LogP contribution is 2.32. The minimum absolute atomic E-state index is 0.0772. The number of hydrogen-bond donors (Lipinski definition) is 2. The Morgan fingerprint density at radius 1 is 0.964 bits per heavy atom. The van der Waals surface area contributed by atoms with E-state index >= 15 is 0 Å². The Bertz CT molecular complexity index is 721. The molecular weight excluding hydrogens is 380 g/mol. The van der Waals surface area contributed by atoms with Crippen molar-refractivity contribution >= 4 is 15.9 Å². The van der Waals surface area contributed by atoms with E-state index < -0.39 is 10.0 Å². The van der Waals surface area contributed by atoms with E-state index in [1.165, 1.54) is 25.0 Å². The van der Waals surface area contributed by atoms with Crippen LogP contribution in [0.4, 0.5) is 0 Å². The molecule has 7 nitrogen and oxygen atoms in total. The molecule has 1 aromatic carbocycles. The zero-order valence-electron chi connectivity index (χ0n) is 16.7. The number of carbonyl (C=O) groups is 1. The van der Waals surface area contributed by atoms with E-state index in [4.69, 9.17) is 9.47 Å². The average Bonchev–Trinajstić information content (AvgIpc) is 2.70. The molecular formula is C20H32N2O5S. The van der Waals surface area contributed by atoms with Gasteiger partial charge in [0.25, 0.3) is 0 Å². The van der Waals surface area contributed by atoms with Crippen molar-refractivity contribution in [3.63, 3.8) is 0 Å². The summed E-state index contributed by atoms with van der Waals surface area (Å²) in [5, 5.41) is 2.93. The number of unbranched alkanes of at least 4 members (excludes halogenated alkanes) is 5. The minimum Gasteiger partial charge on any atom is -0.486 e. The van der Waals surface area contributed by atoms with E-state index in [0.29, 0.717) is 44.1 Å². The third-order valence-corrected chi connectivity index (χ3v) is 6.01. The summed E-state index contributed by atoms with van der Waals surface area (Å²) in [6.07, 6.45) is 7.31. The van der Waals surface area contributed by atoms with Crippen molar-refractivity contribution in [2.75, 3.05) is 26.3 Å². The largest absolute Gasteiger partial charge is 0.486 e. The SMILES string of the molecule is CCCCCCNC(=O)CCCCCNS(=O)(=O)c1ccc2c(c1)OCCO2. The molecule has 2 N–H and O–H groups in total. The molecule has 0 bridgehead atoms. The second kappa shape index (κ2) is 11.9. The van der Waals surface area contributed by atoms with Crippen LogP contribution in [0.3, 0.4) is 0 Å². The molecule has 0 unspecified atom stereocenters. The second-order valence-electron chi connectivity index (χ2n) is 6.92. The molecule has 0 aromatic heterocycles. The van der Waals surface area contributed by atoms with Crippen LogP contribution >= 0.6 is 0 Å². The molecule has 1 aliphatic rings. The van der Waals surface area contributed by atoms with Gasteiger partial charge in [-0.15, -0.1) is 0 Å². The molecule has 8 heteroatoms. The molecule has 0 spiro atoms. The first-order valence-corrected chi connectivity index (χ1v) is 11.7. The first-order valence-electron chi connectivity index (χ1n) is 10.2. The Labute approximate surface area is 168 Å². The Hall–Kier alpha value is -1.80. The van der Waals surface area contributed by atoms with Crippen LogP contribution in [0.1, 0.15) is 58.3 Å².